The molecule has 1 aliphatic heterocycles. The van der Waals surface area contributed by atoms with E-state index in [-0.39, 0.29) is 5.91 Å². The molecular weight excluding hydrogens is 362 g/mol. The SMILES string of the molecule is Cn1ncc(C(=O)N2CC=C(c3c[nH]c4ncccc34)CC2)c1-c1ccccc1. The summed E-state index contributed by atoms with van der Waals surface area (Å²) in [4.78, 5) is 22.7. The van der Waals surface area contributed by atoms with Crippen molar-refractivity contribution in [3.8, 4) is 11.3 Å². The van der Waals surface area contributed by atoms with E-state index in [1.807, 2.05) is 54.5 Å². The Hall–Kier alpha value is -3.67. The van der Waals surface area contributed by atoms with Crippen LogP contribution in [0.15, 0.2) is 67.1 Å². The second kappa shape index (κ2) is 7.05. The highest BCUT2D eigenvalue weighted by atomic mass is 16.2. The van der Waals surface area contributed by atoms with Gasteiger partial charge in [-0.15, -0.1) is 0 Å². The number of fused-ring (bicyclic) bond motifs is 1. The molecule has 3 aromatic heterocycles. The third-order valence-electron chi connectivity index (χ3n) is 5.51. The molecule has 0 atom stereocenters. The molecule has 1 aromatic carbocycles. The Morgan fingerprint density at radius 3 is 2.79 bits per heavy atom. The second-order valence-corrected chi connectivity index (χ2v) is 7.23. The summed E-state index contributed by atoms with van der Waals surface area (Å²) in [6, 6.07) is 14.0. The molecular formula is C23H21N5O. The maximum atomic E-state index is 13.2. The number of hydrogen-bond acceptors (Lipinski definition) is 3. The van der Waals surface area contributed by atoms with Crippen molar-refractivity contribution < 1.29 is 4.79 Å². The number of carbonyl (C=O) groups excluding carboxylic acids is 1. The van der Waals surface area contributed by atoms with E-state index in [0.29, 0.717) is 18.7 Å². The number of rotatable bonds is 3. The van der Waals surface area contributed by atoms with Gasteiger partial charge in [0.05, 0.1) is 17.5 Å². The first kappa shape index (κ1) is 17.4. The van der Waals surface area contributed by atoms with Gasteiger partial charge in [0.15, 0.2) is 0 Å². The Bertz CT molecular complexity index is 1220. The van der Waals surface area contributed by atoms with Gasteiger partial charge in [-0.25, -0.2) is 4.98 Å². The summed E-state index contributed by atoms with van der Waals surface area (Å²) in [5.41, 5.74) is 5.81. The number of hydrogen-bond donors (Lipinski definition) is 1. The summed E-state index contributed by atoms with van der Waals surface area (Å²) >= 11 is 0. The monoisotopic (exact) mass is 383 g/mol. The molecule has 1 aliphatic rings. The number of aromatic nitrogens is 4. The molecule has 0 saturated carbocycles. The fourth-order valence-electron chi connectivity index (χ4n) is 4.02. The average Bonchev–Trinajstić information content (AvgIpc) is 3.38. The minimum absolute atomic E-state index is 0.0212. The first-order chi connectivity index (χ1) is 14.2. The largest absolute Gasteiger partial charge is 0.346 e. The zero-order chi connectivity index (χ0) is 19.8. The lowest BCUT2D eigenvalue weighted by Gasteiger charge is -2.26. The van der Waals surface area contributed by atoms with Gasteiger partial charge in [-0.05, 0) is 24.1 Å². The lowest BCUT2D eigenvalue weighted by atomic mass is 9.99. The molecule has 6 nitrogen and oxygen atoms in total. The smallest absolute Gasteiger partial charge is 0.257 e. The number of aryl methyl sites for hydroxylation is 1. The van der Waals surface area contributed by atoms with Crippen molar-refractivity contribution in [3.05, 3.63) is 78.3 Å². The number of H-pyrrole nitrogens is 1. The van der Waals surface area contributed by atoms with Gasteiger partial charge in [0.25, 0.3) is 5.91 Å². The highest BCUT2D eigenvalue weighted by molar-refractivity contribution is 6.00. The van der Waals surface area contributed by atoms with Crippen LogP contribution < -0.4 is 0 Å². The van der Waals surface area contributed by atoms with E-state index in [1.165, 1.54) is 11.1 Å². The Morgan fingerprint density at radius 1 is 1.14 bits per heavy atom. The van der Waals surface area contributed by atoms with Crippen LogP contribution in [0.25, 0.3) is 27.9 Å². The number of benzene rings is 1. The van der Waals surface area contributed by atoms with Crippen molar-refractivity contribution in [2.45, 2.75) is 6.42 Å². The first-order valence-electron chi connectivity index (χ1n) is 9.70. The van der Waals surface area contributed by atoms with Crippen LogP contribution in [-0.4, -0.2) is 43.6 Å². The van der Waals surface area contributed by atoms with E-state index in [2.05, 4.69) is 27.2 Å². The van der Waals surface area contributed by atoms with E-state index in [4.69, 9.17) is 0 Å². The molecule has 0 bridgehead atoms. The van der Waals surface area contributed by atoms with Gasteiger partial charge >= 0.3 is 0 Å². The second-order valence-electron chi connectivity index (χ2n) is 7.23. The van der Waals surface area contributed by atoms with E-state index >= 15 is 0 Å². The highest BCUT2D eigenvalue weighted by Gasteiger charge is 2.25. The molecule has 144 valence electrons. The standard InChI is InChI=1S/C23H21N5O/c1-27-21(17-6-3-2-4-7-17)20(15-26-27)23(29)28-12-9-16(10-13-28)19-14-25-22-18(19)8-5-11-24-22/h2-9,11,14-15H,10,12-13H2,1H3,(H,24,25). The van der Waals surface area contributed by atoms with Gasteiger partial charge in [0.2, 0.25) is 0 Å². The minimum Gasteiger partial charge on any atom is -0.346 e. The molecule has 29 heavy (non-hydrogen) atoms. The normalized spacial score (nSPS) is 14.2. The molecule has 0 fully saturated rings. The predicted octanol–water partition coefficient (Wildman–Crippen LogP) is 3.89. The van der Waals surface area contributed by atoms with E-state index in [0.717, 1.165) is 28.7 Å². The highest BCUT2D eigenvalue weighted by Crippen LogP contribution is 2.30. The summed E-state index contributed by atoms with van der Waals surface area (Å²) < 4.78 is 1.77. The summed E-state index contributed by atoms with van der Waals surface area (Å²) in [5, 5.41) is 5.46. The van der Waals surface area contributed by atoms with Crippen LogP contribution in [-0.2, 0) is 7.05 Å². The molecule has 1 N–H and O–H groups in total. The van der Waals surface area contributed by atoms with Crippen molar-refractivity contribution in [3.63, 3.8) is 0 Å². The van der Waals surface area contributed by atoms with E-state index < -0.39 is 0 Å². The number of aromatic amines is 1. The summed E-state index contributed by atoms with van der Waals surface area (Å²) in [6.07, 6.45) is 8.44. The van der Waals surface area contributed by atoms with Crippen LogP contribution in [0.3, 0.4) is 0 Å². The maximum absolute atomic E-state index is 13.2. The molecule has 0 saturated heterocycles. The van der Waals surface area contributed by atoms with Crippen LogP contribution >= 0.6 is 0 Å². The molecule has 0 unspecified atom stereocenters. The maximum Gasteiger partial charge on any atom is 0.257 e. The number of nitrogens with one attached hydrogen (secondary N) is 1. The number of pyridine rings is 1. The topological polar surface area (TPSA) is 66.8 Å². The Morgan fingerprint density at radius 2 is 2.00 bits per heavy atom. The molecule has 4 heterocycles. The van der Waals surface area contributed by atoms with Crippen molar-refractivity contribution in [2.24, 2.45) is 7.05 Å². The fourth-order valence-corrected chi connectivity index (χ4v) is 4.02. The van der Waals surface area contributed by atoms with Gasteiger partial charge in [0, 0.05) is 49.0 Å². The molecule has 0 spiro atoms. The Kier molecular flexibility index (Phi) is 4.24. The zero-order valence-electron chi connectivity index (χ0n) is 16.2. The molecule has 1 amide bonds. The van der Waals surface area contributed by atoms with Gasteiger partial charge in [-0.1, -0.05) is 36.4 Å². The van der Waals surface area contributed by atoms with Crippen molar-refractivity contribution in [1.82, 2.24) is 24.6 Å². The predicted molar refractivity (Wildman–Crippen MR) is 113 cm³/mol. The third-order valence-corrected chi connectivity index (χ3v) is 5.51. The molecule has 4 aromatic rings. The summed E-state index contributed by atoms with van der Waals surface area (Å²) in [6.45, 7) is 1.27. The lowest BCUT2D eigenvalue weighted by molar-refractivity contribution is 0.0773. The zero-order valence-corrected chi connectivity index (χ0v) is 16.2. The van der Waals surface area contributed by atoms with Gasteiger partial charge in [-0.2, -0.15) is 5.10 Å². The van der Waals surface area contributed by atoms with Gasteiger partial charge in [-0.3, -0.25) is 9.48 Å². The summed E-state index contributed by atoms with van der Waals surface area (Å²) in [7, 11) is 1.87. The van der Waals surface area contributed by atoms with Crippen LogP contribution in [0.2, 0.25) is 0 Å². The molecule has 0 aliphatic carbocycles. The average molecular weight is 383 g/mol. The van der Waals surface area contributed by atoms with Gasteiger partial charge < -0.3 is 9.88 Å². The number of carbonyl (C=O) groups is 1. The van der Waals surface area contributed by atoms with Crippen LogP contribution in [0.5, 0.6) is 0 Å². The number of nitrogens with zero attached hydrogens (tertiary/aromatic N) is 4. The molecule has 6 heteroatoms. The number of amides is 1. The molecule has 0 radical (unpaired) electrons. The molecule has 5 rings (SSSR count). The third kappa shape index (κ3) is 3.02. The van der Waals surface area contributed by atoms with Crippen molar-refractivity contribution >= 4 is 22.5 Å². The van der Waals surface area contributed by atoms with E-state index in [1.54, 1.807) is 17.1 Å². The Labute approximate surface area is 168 Å². The summed E-state index contributed by atoms with van der Waals surface area (Å²) in [5.74, 6) is 0.0212. The quantitative estimate of drug-likeness (QED) is 0.584. The van der Waals surface area contributed by atoms with Crippen molar-refractivity contribution in [2.75, 3.05) is 13.1 Å². The fraction of sp³-hybridized carbons (Fsp3) is 0.174. The van der Waals surface area contributed by atoms with Crippen LogP contribution in [0, 0.1) is 0 Å². The Balaban J connectivity index is 1.41. The first-order valence-corrected chi connectivity index (χ1v) is 9.70. The van der Waals surface area contributed by atoms with Crippen LogP contribution in [0.1, 0.15) is 22.3 Å². The van der Waals surface area contributed by atoms with Gasteiger partial charge in [0.1, 0.15) is 5.65 Å². The van der Waals surface area contributed by atoms with E-state index in [9.17, 15) is 4.79 Å². The lowest BCUT2D eigenvalue weighted by Crippen LogP contribution is -2.34. The van der Waals surface area contributed by atoms with Crippen LogP contribution in [0.4, 0.5) is 0 Å². The van der Waals surface area contributed by atoms with Crippen molar-refractivity contribution in [1.29, 1.82) is 0 Å². The minimum atomic E-state index is 0.0212.